The van der Waals surface area contributed by atoms with E-state index in [2.05, 4.69) is 16.8 Å². The fraction of sp³-hybridized carbons (Fsp3) is 0.778. The van der Waals surface area contributed by atoms with E-state index in [-0.39, 0.29) is 24.4 Å². The normalized spacial score (nSPS) is 26.2. The molecule has 1 unspecified atom stereocenters. The second-order valence-electron chi connectivity index (χ2n) is 7.17. The van der Waals surface area contributed by atoms with Crippen molar-refractivity contribution in [1.82, 2.24) is 9.88 Å². The fourth-order valence-corrected chi connectivity index (χ4v) is 4.54. The first-order chi connectivity index (χ1) is 11.7. The maximum Gasteiger partial charge on any atom is 0.273 e. The number of nitrogens with zero attached hydrogens (tertiary/aromatic N) is 2. The lowest BCUT2D eigenvalue weighted by molar-refractivity contribution is 0.0338. The van der Waals surface area contributed by atoms with Crippen LogP contribution in [0, 0.1) is 5.92 Å². The van der Waals surface area contributed by atoms with Crippen LogP contribution in [0.5, 0.6) is 0 Å². The Morgan fingerprint density at radius 2 is 2.12 bits per heavy atom. The number of hydrogen-bond acceptors (Lipinski definition) is 5. The third kappa shape index (κ3) is 5.39. The summed E-state index contributed by atoms with van der Waals surface area (Å²) in [5, 5.41) is 2.84. The summed E-state index contributed by atoms with van der Waals surface area (Å²) < 4.78 is 5.80. The molecule has 1 atom stereocenters. The molecule has 1 aromatic rings. The molecule has 0 aromatic carbocycles. The Bertz CT molecular complexity index is 540. The van der Waals surface area contributed by atoms with Gasteiger partial charge < -0.3 is 15.4 Å². The molecule has 2 heterocycles. The van der Waals surface area contributed by atoms with E-state index in [0.717, 1.165) is 49.6 Å². The predicted octanol–water partition coefficient (Wildman–Crippen LogP) is 3.27. The Hall–Kier alpha value is -0.690. The minimum atomic E-state index is 0. The van der Waals surface area contributed by atoms with Crippen molar-refractivity contribution in [3.05, 3.63) is 16.1 Å². The fourth-order valence-electron chi connectivity index (χ4n) is 3.75. The minimum absolute atomic E-state index is 0. The predicted molar refractivity (Wildman–Crippen MR) is 104 cm³/mol. The van der Waals surface area contributed by atoms with Crippen LogP contribution in [0.2, 0.25) is 0 Å². The number of aromatic nitrogens is 1. The lowest BCUT2D eigenvalue weighted by Crippen LogP contribution is -2.46. The molecule has 0 spiro atoms. The van der Waals surface area contributed by atoms with Crippen LogP contribution in [0.1, 0.15) is 60.9 Å². The number of thiazole rings is 1. The van der Waals surface area contributed by atoms with E-state index in [1.165, 1.54) is 24.2 Å². The van der Waals surface area contributed by atoms with Gasteiger partial charge in [-0.2, -0.15) is 0 Å². The lowest BCUT2D eigenvalue weighted by atomic mass is 9.86. The van der Waals surface area contributed by atoms with Gasteiger partial charge in [0.15, 0.2) is 0 Å². The Balaban J connectivity index is 0.00000225. The summed E-state index contributed by atoms with van der Waals surface area (Å²) in [4.78, 5) is 19.7. The largest absolute Gasteiger partial charge is 0.376 e. The van der Waals surface area contributed by atoms with Crippen molar-refractivity contribution >= 4 is 29.7 Å². The summed E-state index contributed by atoms with van der Waals surface area (Å²) in [7, 11) is 0. The summed E-state index contributed by atoms with van der Waals surface area (Å²) in [6, 6.07) is 0.331. The van der Waals surface area contributed by atoms with E-state index in [4.69, 9.17) is 10.5 Å². The smallest absolute Gasteiger partial charge is 0.273 e. The zero-order chi connectivity index (χ0) is 16.9. The summed E-state index contributed by atoms with van der Waals surface area (Å²) in [6.07, 6.45) is 7.69. The average Bonchev–Trinajstić information content (AvgIpc) is 3.25. The van der Waals surface area contributed by atoms with Gasteiger partial charge in [-0.25, -0.2) is 4.98 Å². The van der Waals surface area contributed by atoms with Crippen molar-refractivity contribution in [2.75, 3.05) is 19.7 Å². The zero-order valence-corrected chi connectivity index (χ0v) is 16.6. The van der Waals surface area contributed by atoms with Crippen LogP contribution in [-0.4, -0.2) is 47.6 Å². The van der Waals surface area contributed by atoms with E-state index in [1.54, 1.807) is 0 Å². The van der Waals surface area contributed by atoms with Gasteiger partial charge in [0, 0.05) is 31.0 Å². The van der Waals surface area contributed by atoms with Gasteiger partial charge in [-0.05, 0) is 51.0 Å². The van der Waals surface area contributed by atoms with Crippen molar-refractivity contribution in [3.8, 4) is 0 Å². The van der Waals surface area contributed by atoms with Gasteiger partial charge in [0.1, 0.15) is 5.69 Å². The highest BCUT2D eigenvalue weighted by atomic mass is 35.5. The minimum Gasteiger partial charge on any atom is -0.376 e. The number of hydrogen-bond donors (Lipinski definition) is 1. The van der Waals surface area contributed by atoms with Crippen molar-refractivity contribution < 1.29 is 9.53 Å². The molecule has 3 rings (SSSR count). The van der Waals surface area contributed by atoms with E-state index < -0.39 is 0 Å². The number of carbonyl (C=O) groups is 1. The Labute approximate surface area is 160 Å². The second kappa shape index (κ2) is 9.86. The molecule has 1 aliphatic heterocycles. The highest BCUT2D eigenvalue weighted by Crippen LogP contribution is 2.29. The van der Waals surface area contributed by atoms with E-state index in [0.29, 0.717) is 24.8 Å². The van der Waals surface area contributed by atoms with Crippen molar-refractivity contribution in [1.29, 1.82) is 0 Å². The van der Waals surface area contributed by atoms with E-state index >= 15 is 0 Å². The molecule has 1 aromatic heterocycles. The summed E-state index contributed by atoms with van der Waals surface area (Å²) in [6.45, 7) is 4.41. The van der Waals surface area contributed by atoms with E-state index in [1.807, 2.05) is 5.38 Å². The molecule has 142 valence electrons. The molecule has 0 bridgehead atoms. The Morgan fingerprint density at radius 1 is 1.36 bits per heavy atom. The number of halogens is 1. The number of ether oxygens (including phenoxy) is 1. The summed E-state index contributed by atoms with van der Waals surface area (Å²) in [5.41, 5.74) is 6.18. The first-order valence-electron chi connectivity index (χ1n) is 9.24. The number of rotatable bonds is 6. The molecule has 25 heavy (non-hydrogen) atoms. The first kappa shape index (κ1) is 20.6. The van der Waals surface area contributed by atoms with Crippen molar-refractivity contribution in [2.24, 2.45) is 11.7 Å². The summed E-state index contributed by atoms with van der Waals surface area (Å²) >= 11 is 1.54. The Morgan fingerprint density at radius 3 is 2.76 bits per heavy atom. The molecule has 0 radical (unpaired) electrons. The van der Waals surface area contributed by atoms with Gasteiger partial charge in [0.25, 0.3) is 5.91 Å². The van der Waals surface area contributed by atoms with Gasteiger partial charge in [-0.3, -0.25) is 4.79 Å². The molecular weight excluding hydrogens is 358 g/mol. The Kier molecular flexibility index (Phi) is 8.13. The SMILES string of the molecule is CC1CCC(N(CC2CCCO2)C(=O)c2csc(CCN)n2)CC1.Cl. The van der Waals surface area contributed by atoms with Crippen LogP contribution in [-0.2, 0) is 11.2 Å². The molecular formula is C18H30ClN3O2S. The van der Waals surface area contributed by atoms with Crippen molar-refractivity contribution in [2.45, 2.75) is 64.0 Å². The lowest BCUT2D eigenvalue weighted by Gasteiger charge is -2.37. The molecule has 1 aliphatic carbocycles. The van der Waals surface area contributed by atoms with Crippen molar-refractivity contribution in [3.63, 3.8) is 0 Å². The van der Waals surface area contributed by atoms with Gasteiger partial charge in [0.05, 0.1) is 11.1 Å². The van der Waals surface area contributed by atoms with Gasteiger partial charge in [0.2, 0.25) is 0 Å². The third-order valence-corrected chi connectivity index (χ3v) is 6.15. The van der Waals surface area contributed by atoms with Crippen LogP contribution in [0.3, 0.4) is 0 Å². The monoisotopic (exact) mass is 387 g/mol. The zero-order valence-electron chi connectivity index (χ0n) is 15.0. The second-order valence-corrected chi connectivity index (χ2v) is 8.11. The molecule has 7 heteroatoms. The van der Waals surface area contributed by atoms with Crippen LogP contribution in [0.4, 0.5) is 0 Å². The maximum atomic E-state index is 13.1. The number of carbonyl (C=O) groups excluding carboxylic acids is 1. The van der Waals surface area contributed by atoms with Gasteiger partial charge >= 0.3 is 0 Å². The topological polar surface area (TPSA) is 68.5 Å². The van der Waals surface area contributed by atoms with Crippen LogP contribution in [0.15, 0.2) is 5.38 Å². The van der Waals surface area contributed by atoms with Gasteiger partial charge in [-0.1, -0.05) is 6.92 Å². The quantitative estimate of drug-likeness (QED) is 0.813. The first-order valence-corrected chi connectivity index (χ1v) is 10.1. The molecule has 2 fully saturated rings. The molecule has 2 aliphatic rings. The molecule has 1 saturated carbocycles. The average molecular weight is 388 g/mol. The number of nitrogens with two attached hydrogens (primary N) is 1. The van der Waals surface area contributed by atoms with Crippen LogP contribution >= 0.6 is 23.7 Å². The standard InChI is InChI=1S/C18H29N3O2S.ClH/c1-13-4-6-14(7-5-13)21(11-15-3-2-10-23-15)18(22)16-12-24-17(20-16)8-9-19;/h12-15H,2-11,19H2,1H3;1H. The van der Waals surface area contributed by atoms with Crippen LogP contribution < -0.4 is 5.73 Å². The third-order valence-electron chi connectivity index (χ3n) is 5.24. The summed E-state index contributed by atoms with van der Waals surface area (Å²) in [5.74, 6) is 0.848. The molecule has 5 nitrogen and oxygen atoms in total. The number of amides is 1. The van der Waals surface area contributed by atoms with E-state index in [9.17, 15) is 4.79 Å². The molecule has 1 saturated heterocycles. The van der Waals surface area contributed by atoms with Gasteiger partial charge in [-0.15, -0.1) is 23.7 Å². The van der Waals surface area contributed by atoms with Crippen LogP contribution in [0.25, 0.3) is 0 Å². The highest BCUT2D eigenvalue weighted by Gasteiger charge is 2.32. The highest BCUT2D eigenvalue weighted by molar-refractivity contribution is 7.09. The maximum absolute atomic E-state index is 13.1. The molecule has 2 N–H and O–H groups in total. The molecule has 1 amide bonds.